The number of hydrogen-bond donors (Lipinski definition) is 2. The fourth-order valence-corrected chi connectivity index (χ4v) is 1.75. The Morgan fingerprint density at radius 3 is 2.81 bits per heavy atom. The topological polar surface area (TPSA) is 116 Å². The van der Waals surface area contributed by atoms with Crippen LogP contribution in [0.25, 0.3) is 0 Å². The van der Waals surface area contributed by atoms with E-state index in [4.69, 9.17) is 17.3 Å². The smallest absolute Gasteiger partial charge is 0.327 e. The first-order chi connectivity index (χ1) is 9.95. The first-order valence-corrected chi connectivity index (χ1v) is 6.68. The van der Waals surface area contributed by atoms with Crippen LogP contribution in [0, 0.1) is 0 Å². The van der Waals surface area contributed by atoms with Gasteiger partial charge in [-0.25, -0.2) is 4.68 Å². The van der Waals surface area contributed by atoms with E-state index in [1.165, 1.54) is 13.3 Å². The van der Waals surface area contributed by atoms with Crippen LogP contribution in [0.3, 0.4) is 0 Å². The fraction of sp³-hybridized carbons (Fsp3) is 0.500. The second kappa shape index (κ2) is 8.25. The predicted octanol–water partition coefficient (Wildman–Crippen LogP) is 0.137. The Morgan fingerprint density at radius 1 is 1.48 bits per heavy atom. The number of anilines is 1. The molecule has 1 heterocycles. The van der Waals surface area contributed by atoms with Gasteiger partial charge in [0.15, 0.2) is 0 Å². The number of esters is 1. The Labute approximate surface area is 126 Å². The van der Waals surface area contributed by atoms with Crippen molar-refractivity contribution in [1.82, 2.24) is 9.78 Å². The van der Waals surface area contributed by atoms with Crippen LogP contribution in [-0.2, 0) is 20.9 Å². The molecule has 0 saturated carbocycles. The average Bonchev–Trinajstić information content (AvgIpc) is 2.45. The van der Waals surface area contributed by atoms with Crippen molar-refractivity contribution in [3.63, 3.8) is 0 Å². The van der Waals surface area contributed by atoms with E-state index < -0.39 is 11.5 Å². The molecule has 0 bridgehead atoms. The number of carbonyl (C=O) groups excluding carboxylic acids is 2. The highest BCUT2D eigenvalue weighted by atomic mass is 35.5. The van der Waals surface area contributed by atoms with Crippen LogP contribution in [-0.4, -0.2) is 35.3 Å². The van der Waals surface area contributed by atoms with Crippen LogP contribution in [0.4, 0.5) is 5.69 Å². The Bertz CT molecular complexity index is 573. The Balaban J connectivity index is 2.61. The van der Waals surface area contributed by atoms with Gasteiger partial charge in [-0.2, -0.15) is 5.10 Å². The van der Waals surface area contributed by atoms with E-state index >= 15 is 0 Å². The van der Waals surface area contributed by atoms with E-state index in [9.17, 15) is 14.4 Å². The van der Waals surface area contributed by atoms with Gasteiger partial charge in [0, 0.05) is 13.0 Å². The summed E-state index contributed by atoms with van der Waals surface area (Å²) < 4.78 is 5.38. The fourth-order valence-electron chi connectivity index (χ4n) is 1.54. The molecule has 0 aromatic carbocycles. The highest BCUT2D eigenvalue weighted by Crippen LogP contribution is 2.15. The maximum atomic E-state index is 11.9. The number of unbranched alkanes of at least 4 members (excludes halogenated alkanes) is 1. The summed E-state index contributed by atoms with van der Waals surface area (Å²) in [5.74, 6) is -0.937. The van der Waals surface area contributed by atoms with Gasteiger partial charge in [-0.15, -0.1) is 0 Å². The van der Waals surface area contributed by atoms with Crippen molar-refractivity contribution < 1.29 is 14.3 Å². The summed E-state index contributed by atoms with van der Waals surface area (Å²) in [6.45, 7) is 0.225. The minimum atomic E-state index is -0.590. The summed E-state index contributed by atoms with van der Waals surface area (Å²) in [6, 6.07) is 0. The standard InChI is InChI=1S/C12H17ClN4O4/c1-21-10(19)7-17-12(20)11(13)8(6-16-17)15-5-3-2-4-9(14)18/h6,15H,2-5,7H2,1H3,(H2,14,18). The molecule has 1 aromatic heterocycles. The zero-order chi connectivity index (χ0) is 15.8. The summed E-state index contributed by atoms with van der Waals surface area (Å²) in [6.07, 6.45) is 3.02. The summed E-state index contributed by atoms with van der Waals surface area (Å²) in [7, 11) is 1.22. The molecule has 1 rings (SSSR count). The molecule has 1 aromatic rings. The van der Waals surface area contributed by atoms with Gasteiger partial charge in [-0.05, 0) is 12.8 Å². The molecular formula is C12H17ClN4O4. The van der Waals surface area contributed by atoms with Crippen molar-refractivity contribution in [1.29, 1.82) is 0 Å². The number of halogens is 1. The molecule has 0 saturated heterocycles. The third kappa shape index (κ3) is 5.42. The van der Waals surface area contributed by atoms with Gasteiger partial charge in [0.25, 0.3) is 5.56 Å². The van der Waals surface area contributed by atoms with Gasteiger partial charge < -0.3 is 15.8 Å². The molecule has 0 radical (unpaired) electrons. The first kappa shape index (κ1) is 17.0. The molecule has 0 atom stereocenters. The van der Waals surface area contributed by atoms with E-state index in [1.54, 1.807) is 0 Å². The summed E-state index contributed by atoms with van der Waals surface area (Å²) in [5, 5.41) is 6.73. The molecule has 0 aliphatic rings. The molecule has 9 heteroatoms. The maximum absolute atomic E-state index is 11.9. The van der Waals surface area contributed by atoms with Crippen LogP contribution >= 0.6 is 11.6 Å². The monoisotopic (exact) mass is 316 g/mol. The number of hydrogen-bond acceptors (Lipinski definition) is 6. The van der Waals surface area contributed by atoms with Gasteiger partial charge >= 0.3 is 5.97 Å². The van der Waals surface area contributed by atoms with Crippen LogP contribution < -0.4 is 16.6 Å². The quantitative estimate of drug-likeness (QED) is 0.520. The van der Waals surface area contributed by atoms with Crippen molar-refractivity contribution in [2.75, 3.05) is 19.0 Å². The van der Waals surface area contributed by atoms with Gasteiger partial charge in [0.1, 0.15) is 11.6 Å². The number of aromatic nitrogens is 2. The summed E-state index contributed by atoms with van der Waals surface area (Å²) in [5.41, 5.74) is 4.82. The minimum Gasteiger partial charge on any atom is -0.468 e. The molecule has 0 aliphatic heterocycles. The normalized spacial score (nSPS) is 10.2. The molecule has 0 spiro atoms. The van der Waals surface area contributed by atoms with Gasteiger partial charge in [-0.1, -0.05) is 11.6 Å². The number of nitrogens with two attached hydrogens (primary N) is 1. The summed E-state index contributed by atoms with van der Waals surface area (Å²) >= 11 is 5.93. The zero-order valence-electron chi connectivity index (χ0n) is 11.6. The van der Waals surface area contributed by atoms with Crippen LogP contribution in [0.1, 0.15) is 19.3 Å². The van der Waals surface area contributed by atoms with E-state index in [2.05, 4.69) is 15.2 Å². The van der Waals surface area contributed by atoms with E-state index in [0.29, 0.717) is 31.5 Å². The molecular weight excluding hydrogens is 300 g/mol. The molecule has 8 nitrogen and oxygen atoms in total. The molecule has 116 valence electrons. The lowest BCUT2D eigenvalue weighted by atomic mass is 10.2. The van der Waals surface area contributed by atoms with Crippen molar-refractivity contribution in [2.24, 2.45) is 5.73 Å². The van der Waals surface area contributed by atoms with Crippen molar-refractivity contribution in [3.05, 3.63) is 21.6 Å². The van der Waals surface area contributed by atoms with Crippen molar-refractivity contribution in [3.8, 4) is 0 Å². The number of nitrogens with zero attached hydrogens (tertiary/aromatic N) is 2. The van der Waals surface area contributed by atoms with Gasteiger partial charge in [-0.3, -0.25) is 14.4 Å². The molecule has 3 N–H and O–H groups in total. The molecule has 0 unspecified atom stereocenters. The number of primary amides is 1. The highest BCUT2D eigenvalue weighted by molar-refractivity contribution is 6.32. The van der Waals surface area contributed by atoms with E-state index in [-0.39, 0.29) is 17.5 Å². The summed E-state index contributed by atoms with van der Waals surface area (Å²) in [4.78, 5) is 33.6. The minimum absolute atomic E-state index is 0.0520. The lowest BCUT2D eigenvalue weighted by Gasteiger charge is -2.09. The van der Waals surface area contributed by atoms with Crippen molar-refractivity contribution in [2.45, 2.75) is 25.8 Å². The van der Waals surface area contributed by atoms with Gasteiger partial charge in [0.05, 0.1) is 19.0 Å². The SMILES string of the molecule is COC(=O)Cn1ncc(NCCCCC(N)=O)c(Cl)c1=O. The third-order valence-electron chi connectivity index (χ3n) is 2.66. The first-order valence-electron chi connectivity index (χ1n) is 6.30. The van der Waals surface area contributed by atoms with Crippen LogP contribution in [0.2, 0.25) is 5.02 Å². The largest absolute Gasteiger partial charge is 0.468 e. The Morgan fingerprint density at radius 2 is 2.19 bits per heavy atom. The van der Waals surface area contributed by atoms with Crippen LogP contribution in [0.5, 0.6) is 0 Å². The number of rotatable bonds is 8. The maximum Gasteiger partial charge on any atom is 0.327 e. The van der Waals surface area contributed by atoms with Gasteiger partial charge in [0.2, 0.25) is 5.91 Å². The lowest BCUT2D eigenvalue weighted by Crippen LogP contribution is -2.28. The number of carbonyl (C=O) groups is 2. The second-order valence-corrected chi connectivity index (χ2v) is 4.64. The number of amides is 1. The number of nitrogens with one attached hydrogen (secondary N) is 1. The van der Waals surface area contributed by atoms with Crippen LogP contribution in [0.15, 0.2) is 11.0 Å². The third-order valence-corrected chi connectivity index (χ3v) is 3.02. The number of ether oxygens (including phenoxy) is 1. The second-order valence-electron chi connectivity index (χ2n) is 4.26. The molecule has 0 fully saturated rings. The Kier molecular flexibility index (Phi) is 6.67. The number of methoxy groups -OCH3 is 1. The molecule has 21 heavy (non-hydrogen) atoms. The zero-order valence-corrected chi connectivity index (χ0v) is 12.4. The highest BCUT2D eigenvalue weighted by Gasteiger charge is 2.11. The Hall–Kier alpha value is -2.09. The lowest BCUT2D eigenvalue weighted by molar-refractivity contribution is -0.141. The molecule has 0 aliphatic carbocycles. The average molecular weight is 317 g/mol. The predicted molar refractivity (Wildman–Crippen MR) is 77.1 cm³/mol. The van der Waals surface area contributed by atoms with E-state index in [1.807, 2.05) is 0 Å². The van der Waals surface area contributed by atoms with Crippen molar-refractivity contribution >= 4 is 29.2 Å². The van der Waals surface area contributed by atoms with E-state index in [0.717, 1.165) is 4.68 Å². The molecule has 1 amide bonds.